The van der Waals surface area contributed by atoms with Crippen LogP contribution in [-0.2, 0) is 6.61 Å². The van der Waals surface area contributed by atoms with Gasteiger partial charge in [0.1, 0.15) is 11.8 Å². The zero-order valence-electron chi connectivity index (χ0n) is 10.7. The summed E-state index contributed by atoms with van der Waals surface area (Å²) < 4.78 is 16.3. The van der Waals surface area contributed by atoms with Crippen LogP contribution in [-0.4, -0.2) is 19.2 Å². The number of hydrogen-bond donors (Lipinski definition) is 0. The summed E-state index contributed by atoms with van der Waals surface area (Å²) in [5, 5.41) is 0.438. The van der Waals surface area contributed by atoms with Gasteiger partial charge in [-0.05, 0) is 29.8 Å². The Balaban J connectivity index is 2.19. The molecule has 0 radical (unpaired) electrons. The van der Waals surface area contributed by atoms with Gasteiger partial charge in [0.25, 0.3) is 0 Å². The average molecular weight is 280 g/mol. The Labute approximate surface area is 116 Å². The van der Waals surface area contributed by atoms with E-state index in [1.54, 1.807) is 26.5 Å². The van der Waals surface area contributed by atoms with Crippen LogP contribution >= 0.6 is 11.6 Å². The highest BCUT2D eigenvalue weighted by Crippen LogP contribution is 2.37. The van der Waals surface area contributed by atoms with Crippen LogP contribution in [0.25, 0.3) is 0 Å². The van der Waals surface area contributed by atoms with Gasteiger partial charge in [-0.25, -0.2) is 4.98 Å². The van der Waals surface area contributed by atoms with E-state index >= 15 is 0 Å². The maximum absolute atomic E-state index is 5.83. The van der Waals surface area contributed by atoms with E-state index in [1.807, 2.05) is 24.3 Å². The fraction of sp³-hybridized carbons (Fsp3) is 0.214. The van der Waals surface area contributed by atoms with Crippen molar-refractivity contribution >= 4 is 11.6 Å². The molecule has 0 aliphatic heterocycles. The molecule has 1 heterocycles. The molecule has 0 aliphatic rings. The molecule has 1 aromatic carbocycles. The molecule has 5 heteroatoms. The Morgan fingerprint density at radius 3 is 2.37 bits per heavy atom. The highest BCUT2D eigenvalue weighted by atomic mass is 35.5. The molecule has 0 amide bonds. The molecule has 0 saturated heterocycles. The van der Waals surface area contributed by atoms with Gasteiger partial charge < -0.3 is 14.2 Å². The first-order valence-electron chi connectivity index (χ1n) is 5.69. The molecule has 0 aliphatic carbocycles. The van der Waals surface area contributed by atoms with Crippen molar-refractivity contribution in [3.8, 4) is 17.2 Å². The number of aromatic nitrogens is 1. The molecule has 2 aromatic rings. The second-order valence-electron chi connectivity index (χ2n) is 3.77. The van der Waals surface area contributed by atoms with Crippen LogP contribution in [0.3, 0.4) is 0 Å². The van der Waals surface area contributed by atoms with Crippen molar-refractivity contribution in [1.82, 2.24) is 4.98 Å². The molecule has 4 nitrogen and oxygen atoms in total. The minimum atomic E-state index is 0.360. The highest BCUT2D eigenvalue weighted by molar-refractivity contribution is 6.29. The standard InChI is InChI=1S/C14H14ClNO3/c1-17-11-4-3-5-12(18-2)14(11)19-9-10-6-7-16-13(15)8-10/h3-8H,9H2,1-2H3. The van der Waals surface area contributed by atoms with Crippen molar-refractivity contribution in [2.24, 2.45) is 0 Å². The summed E-state index contributed by atoms with van der Waals surface area (Å²) in [6, 6.07) is 9.07. The Hall–Kier alpha value is -1.94. The average Bonchev–Trinajstić information content (AvgIpc) is 2.44. The van der Waals surface area contributed by atoms with Crippen LogP contribution < -0.4 is 14.2 Å². The molecule has 100 valence electrons. The lowest BCUT2D eigenvalue weighted by atomic mass is 10.2. The Morgan fingerprint density at radius 1 is 1.11 bits per heavy atom. The number of hydrogen-bond acceptors (Lipinski definition) is 4. The van der Waals surface area contributed by atoms with Crippen molar-refractivity contribution in [2.75, 3.05) is 14.2 Å². The van der Waals surface area contributed by atoms with Crippen LogP contribution in [0, 0.1) is 0 Å². The van der Waals surface area contributed by atoms with Crippen LogP contribution in [0.15, 0.2) is 36.5 Å². The summed E-state index contributed by atoms with van der Waals surface area (Å²) in [4.78, 5) is 3.92. The number of pyridine rings is 1. The summed E-state index contributed by atoms with van der Waals surface area (Å²) in [5.41, 5.74) is 0.924. The van der Waals surface area contributed by atoms with Crippen LogP contribution in [0.5, 0.6) is 17.2 Å². The summed E-state index contributed by atoms with van der Waals surface area (Å²) >= 11 is 5.83. The fourth-order valence-corrected chi connectivity index (χ4v) is 1.84. The van der Waals surface area contributed by atoms with Crippen molar-refractivity contribution in [2.45, 2.75) is 6.61 Å². The summed E-state index contributed by atoms with van der Waals surface area (Å²) in [7, 11) is 3.18. The van der Waals surface area contributed by atoms with Gasteiger partial charge in [0.2, 0.25) is 5.75 Å². The molecule has 0 bridgehead atoms. The SMILES string of the molecule is COc1cccc(OC)c1OCc1ccnc(Cl)c1. The summed E-state index contributed by atoms with van der Waals surface area (Å²) in [5.74, 6) is 1.82. The number of rotatable bonds is 5. The predicted octanol–water partition coefficient (Wildman–Crippen LogP) is 3.33. The van der Waals surface area contributed by atoms with E-state index in [0.29, 0.717) is 29.0 Å². The number of benzene rings is 1. The van der Waals surface area contributed by atoms with Crippen molar-refractivity contribution in [3.05, 3.63) is 47.2 Å². The fourth-order valence-electron chi connectivity index (χ4n) is 1.65. The molecule has 0 N–H and O–H groups in total. The molecule has 0 saturated carbocycles. The second-order valence-corrected chi connectivity index (χ2v) is 4.15. The van der Waals surface area contributed by atoms with Crippen LogP contribution in [0.2, 0.25) is 5.15 Å². The first-order valence-corrected chi connectivity index (χ1v) is 6.06. The first-order chi connectivity index (χ1) is 9.24. The Bertz CT molecular complexity index is 538. The number of ether oxygens (including phenoxy) is 3. The topological polar surface area (TPSA) is 40.6 Å². The van der Waals surface area contributed by atoms with Gasteiger partial charge in [0.15, 0.2) is 11.5 Å². The molecule has 19 heavy (non-hydrogen) atoms. The van der Waals surface area contributed by atoms with Gasteiger partial charge in [0.05, 0.1) is 14.2 Å². The third-order valence-corrected chi connectivity index (χ3v) is 2.76. The number of methoxy groups -OCH3 is 2. The van der Waals surface area contributed by atoms with Crippen LogP contribution in [0.4, 0.5) is 0 Å². The van der Waals surface area contributed by atoms with Gasteiger partial charge in [0, 0.05) is 6.20 Å². The molecule has 1 aromatic heterocycles. The van der Waals surface area contributed by atoms with Crippen LogP contribution in [0.1, 0.15) is 5.56 Å². The molecular formula is C14H14ClNO3. The molecular weight excluding hydrogens is 266 g/mol. The third kappa shape index (κ3) is 3.29. The quantitative estimate of drug-likeness (QED) is 0.787. The lowest BCUT2D eigenvalue weighted by Crippen LogP contribution is -2.00. The predicted molar refractivity (Wildman–Crippen MR) is 73.1 cm³/mol. The van der Waals surface area contributed by atoms with E-state index in [2.05, 4.69) is 4.98 Å². The van der Waals surface area contributed by atoms with Crippen molar-refractivity contribution in [3.63, 3.8) is 0 Å². The second kappa shape index (κ2) is 6.29. The van der Waals surface area contributed by atoms with Crippen molar-refractivity contribution < 1.29 is 14.2 Å². The normalized spacial score (nSPS) is 10.1. The highest BCUT2D eigenvalue weighted by Gasteiger charge is 2.11. The van der Waals surface area contributed by atoms with E-state index in [4.69, 9.17) is 25.8 Å². The van der Waals surface area contributed by atoms with E-state index in [1.165, 1.54) is 0 Å². The maximum atomic E-state index is 5.83. The van der Waals surface area contributed by atoms with E-state index in [9.17, 15) is 0 Å². The Kier molecular flexibility index (Phi) is 4.47. The number of halogens is 1. The molecule has 0 atom stereocenters. The van der Waals surface area contributed by atoms with E-state index in [-0.39, 0.29) is 0 Å². The maximum Gasteiger partial charge on any atom is 0.203 e. The van der Waals surface area contributed by atoms with Gasteiger partial charge in [-0.15, -0.1) is 0 Å². The number of nitrogens with zero attached hydrogens (tertiary/aromatic N) is 1. The summed E-state index contributed by atoms with van der Waals surface area (Å²) in [6.45, 7) is 0.360. The Morgan fingerprint density at radius 2 is 1.79 bits per heavy atom. The van der Waals surface area contributed by atoms with E-state index < -0.39 is 0 Å². The lowest BCUT2D eigenvalue weighted by molar-refractivity contribution is 0.266. The minimum absolute atomic E-state index is 0.360. The largest absolute Gasteiger partial charge is 0.493 e. The van der Waals surface area contributed by atoms with Gasteiger partial charge in [-0.3, -0.25) is 0 Å². The molecule has 0 fully saturated rings. The number of para-hydroxylation sites is 1. The zero-order chi connectivity index (χ0) is 13.7. The third-order valence-electron chi connectivity index (χ3n) is 2.56. The molecule has 0 spiro atoms. The summed E-state index contributed by atoms with van der Waals surface area (Å²) in [6.07, 6.45) is 1.64. The van der Waals surface area contributed by atoms with Gasteiger partial charge in [-0.2, -0.15) is 0 Å². The first kappa shape index (κ1) is 13.5. The molecule has 2 rings (SSSR count). The van der Waals surface area contributed by atoms with Crippen molar-refractivity contribution in [1.29, 1.82) is 0 Å². The molecule has 0 unspecified atom stereocenters. The lowest BCUT2D eigenvalue weighted by Gasteiger charge is -2.14. The van der Waals surface area contributed by atoms with Gasteiger partial charge >= 0.3 is 0 Å². The zero-order valence-corrected chi connectivity index (χ0v) is 11.5. The monoisotopic (exact) mass is 279 g/mol. The minimum Gasteiger partial charge on any atom is -0.493 e. The van der Waals surface area contributed by atoms with Gasteiger partial charge in [-0.1, -0.05) is 17.7 Å². The smallest absolute Gasteiger partial charge is 0.203 e. The van der Waals surface area contributed by atoms with E-state index in [0.717, 1.165) is 5.56 Å².